The molecule has 0 aliphatic carbocycles. The van der Waals surface area contributed by atoms with Crippen LogP contribution in [-0.2, 0) is 4.79 Å². The Bertz CT molecular complexity index is 945. The Morgan fingerprint density at radius 3 is 2.44 bits per heavy atom. The molecule has 1 N–H and O–H groups in total. The van der Waals surface area contributed by atoms with Crippen molar-refractivity contribution in [3.8, 4) is 11.5 Å². The van der Waals surface area contributed by atoms with Gasteiger partial charge in [-0.1, -0.05) is 31.5 Å². The van der Waals surface area contributed by atoms with Crippen molar-refractivity contribution < 1.29 is 19.1 Å². The number of nitrogens with one attached hydrogen (secondary N) is 1. The molecule has 1 heterocycles. The second kappa shape index (κ2) is 10.7. The smallest absolute Gasteiger partial charge is 0.253 e. The van der Waals surface area contributed by atoms with Crippen LogP contribution in [0.2, 0.25) is 5.02 Å². The Balaban J connectivity index is 1.88. The third kappa shape index (κ3) is 5.54. The highest BCUT2D eigenvalue weighted by Gasteiger charge is 2.41. The van der Waals surface area contributed by atoms with Crippen molar-refractivity contribution in [2.24, 2.45) is 11.8 Å². The van der Waals surface area contributed by atoms with Crippen molar-refractivity contribution >= 4 is 23.4 Å². The summed E-state index contributed by atoms with van der Waals surface area (Å²) in [5, 5.41) is 3.64. The first-order chi connectivity index (χ1) is 15.3. The van der Waals surface area contributed by atoms with Gasteiger partial charge in [-0.2, -0.15) is 0 Å². The molecule has 0 radical (unpaired) electrons. The van der Waals surface area contributed by atoms with Crippen molar-refractivity contribution in [3.63, 3.8) is 0 Å². The summed E-state index contributed by atoms with van der Waals surface area (Å²) in [5.74, 6) is 1.11. The lowest BCUT2D eigenvalue weighted by Crippen LogP contribution is -2.36. The average Bonchev–Trinajstić information content (AvgIpc) is 3.23. The SMILES string of the molecule is COc1ccc([C@H]2CN(C(=O)c3ccc(Cl)cc3)C[C@H]2C(=O)NCCC(C)C)c(OC)c1. The Hall–Kier alpha value is -2.73. The largest absolute Gasteiger partial charge is 0.497 e. The number of amides is 2. The highest BCUT2D eigenvalue weighted by atomic mass is 35.5. The van der Waals surface area contributed by atoms with E-state index in [4.69, 9.17) is 21.1 Å². The fraction of sp³-hybridized carbons (Fsp3) is 0.440. The maximum atomic E-state index is 13.2. The van der Waals surface area contributed by atoms with Crippen LogP contribution in [0.25, 0.3) is 0 Å². The topological polar surface area (TPSA) is 67.9 Å². The molecular weight excluding hydrogens is 428 g/mol. The molecule has 0 spiro atoms. The molecule has 0 unspecified atom stereocenters. The van der Waals surface area contributed by atoms with Gasteiger partial charge in [0.05, 0.1) is 20.1 Å². The summed E-state index contributed by atoms with van der Waals surface area (Å²) in [5.41, 5.74) is 1.44. The minimum atomic E-state index is -0.374. The summed E-state index contributed by atoms with van der Waals surface area (Å²) in [4.78, 5) is 28.1. The van der Waals surface area contributed by atoms with Crippen LogP contribution in [0.1, 0.15) is 42.1 Å². The van der Waals surface area contributed by atoms with Gasteiger partial charge < -0.3 is 19.7 Å². The Morgan fingerprint density at radius 1 is 1.09 bits per heavy atom. The summed E-state index contributed by atoms with van der Waals surface area (Å²) in [6.45, 7) is 5.63. The van der Waals surface area contributed by atoms with E-state index in [9.17, 15) is 9.59 Å². The summed E-state index contributed by atoms with van der Waals surface area (Å²) >= 11 is 5.97. The Labute approximate surface area is 194 Å². The summed E-state index contributed by atoms with van der Waals surface area (Å²) in [6, 6.07) is 12.4. The van der Waals surface area contributed by atoms with Crippen molar-refractivity contribution in [1.29, 1.82) is 0 Å². The van der Waals surface area contributed by atoms with Crippen LogP contribution in [0, 0.1) is 11.8 Å². The molecule has 32 heavy (non-hydrogen) atoms. The molecular formula is C25H31ClN2O4. The van der Waals surface area contributed by atoms with Crippen LogP contribution in [0.4, 0.5) is 0 Å². The van der Waals surface area contributed by atoms with Gasteiger partial charge in [-0.3, -0.25) is 9.59 Å². The predicted molar refractivity (Wildman–Crippen MR) is 126 cm³/mol. The second-order valence-corrected chi connectivity index (χ2v) is 8.95. The molecule has 2 amide bonds. The maximum absolute atomic E-state index is 13.2. The van der Waals surface area contributed by atoms with Crippen molar-refractivity contribution in [1.82, 2.24) is 10.2 Å². The van der Waals surface area contributed by atoms with Crippen LogP contribution < -0.4 is 14.8 Å². The van der Waals surface area contributed by atoms with Gasteiger partial charge in [-0.25, -0.2) is 0 Å². The molecule has 1 fully saturated rings. The fourth-order valence-corrected chi connectivity index (χ4v) is 4.19. The third-order valence-electron chi connectivity index (χ3n) is 5.90. The normalized spacial score (nSPS) is 18.0. The van der Waals surface area contributed by atoms with Gasteiger partial charge in [0.1, 0.15) is 11.5 Å². The summed E-state index contributed by atoms with van der Waals surface area (Å²) < 4.78 is 10.9. The van der Waals surface area contributed by atoms with E-state index in [2.05, 4.69) is 19.2 Å². The molecule has 6 nitrogen and oxygen atoms in total. The number of methoxy groups -OCH3 is 2. The van der Waals surface area contributed by atoms with E-state index in [1.807, 2.05) is 18.2 Å². The summed E-state index contributed by atoms with van der Waals surface area (Å²) in [7, 11) is 3.20. The fourth-order valence-electron chi connectivity index (χ4n) is 4.07. The molecule has 7 heteroatoms. The first kappa shape index (κ1) is 23.9. The van der Waals surface area contributed by atoms with E-state index in [0.29, 0.717) is 47.6 Å². The van der Waals surface area contributed by atoms with Gasteiger partial charge in [0.25, 0.3) is 5.91 Å². The Morgan fingerprint density at radius 2 is 1.81 bits per heavy atom. The molecule has 3 rings (SSSR count). The van der Waals surface area contributed by atoms with Crippen LogP contribution in [0.5, 0.6) is 11.5 Å². The van der Waals surface area contributed by atoms with Gasteiger partial charge in [0, 0.05) is 47.8 Å². The molecule has 172 valence electrons. The van der Waals surface area contributed by atoms with Crippen LogP contribution in [0.15, 0.2) is 42.5 Å². The van der Waals surface area contributed by atoms with E-state index in [1.165, 1.54) is 0 Å². The first-order valence-corrected chi connectivity index (χ1v) is 11.3. The molecule has 1 aliphatic rings. The molecule has 0 saturated carbocycles. The van der Waals surface area contributed by atoms with Gasteiger partial charge in [-0.15, -0.1) is 0 Å². The van der Waals surface area contributed by atoms with Gasteiger partial charge in [0.15, 0.2) is 0 Å². The number of ether oxygens (including phenoxy) is 2. The van der Waals surface area contributed by atoms with Crippen LogP contribution in [0.3, 0.4) is 0 Å². The van der Waals surface area contributed by atoms with Gasteiger partial charge >= 0.3 is 0 Å². The molecule has 2 atom stereocenters. The molecule has 0 aromatic heterocycles. The van der Waals surface area contributed by atoms with E-state index in [-0.39, 0.29) is 23.7 Å². The minimum absolute atomic E-state index is 0.0417. The molecule has 2 aromatic carbocycles. The number of halogens is 1. The van der Waals surface area contributed by atoms with Gasteiger partial charge in [-0.05, 0) is 42.7 Å². The lowest BCUT2D eigenvalue weighted by Gasteiger charge is -2.21. The molecule has 1 saturated heterocycles. The zero-order valence-corrected chi connectivity index (χ0v) is 19.8. The van der Waals surface area contributed by atoms with Crippen LogP contribution >= 0.6 is 11.6 Å². The zero-order valence-electron chi connectivity index (χ0n) is 19.1. The third-order valence-corrected chi connectivity index (χ3v) is 6.15. The number of carbonyl (C=O) groups excluding carboxylic acids is 2. The van der Waals surface area contributed by atoms with Crippen molar-refractivity contribution in [3.05, 3.63) is 58.6 Å². The molecule has 1 aliphatic heterocycles. The molecule has 2 aromatic rings. The summed E-state index contributed by atoms with van der Waals surface area (Å²) in [6.07, 6.45) is 0.905. The zero-order chi connectivity index (χ0) is 23.3. The standard InChI is InChI=1S/C25H31ClN2O4/c1-16(2)11-12-27-24(29)22-15-28(25(30)17-5-7-18(26)8-6-17)14-21(22)20-10-9-19(31-3)13-23(20)32-4/h5-10,13,16,21-22H,11-12,14-15H2,1-4H3,(H,27,29)/t21-,22-/m1/s1. The lowest BCUT2D eigenvalue weighted by molar-refractivity contribution is -0.124. The Kier molecular flexibility index (Phi) is 8.02. The number of carbonyl (C=O) groups is 2. The highest BCUT2D eigenvalue weighted by Crippen LogP contribution is 2.39. The number of likely N-dealkylation sites (tertiary alicyclic amines) is 1. The first-order valence-electron chi connectivity index (χ1n) is 10.9. The van der Waals surface area contributed by atoms with Crippen LogP contribution in [-0.4, -0.2) is 50.6 Å². The number of nitrogens with zero attached hydrogens (tertiary/aromatic N) is 1. The highest BCUT2D eigenvalue weighted by molar-refractivity contribution is 6.30. The van der Waals surface area contributed by atoms with E-state index in [1.54, 1.807) is 43.4 Å². The maximum Gasteiger partial charge on any atom is 0.253 e. The van der Waals surface area contributed by atoms with Crippen molar-refractivity contribution in [2.75, 3.05) is 33.9 Å². The number of hydrogen-bond acceptors (Lipinski definition) is 4. The quantitative estimate of drug-likeness (QED) is 0.637. The molecule has 0 bridgehead atoms. The van der Waals surface area contributed by atoms with E-state index < -0.39 is 0 Å². The number of hydrogen-bond donors (Lipinski definition) is 1. The number of benzene rings is 2. The van der Waals surface area contributed by atoms with Gasteiger partial charge in [0.2, 0.25) is 5.91 Å². The lowest BCUT2D eigenvalue weighted by atomic mass is 9.87. The van der Waals surface area contributed by atoms with E-state index in [0.717, 1.165) is 12.0 Å². The average molecular weight is 459 g/mol. The monoisotopic (exact) mass is 458 g/mol. The second-order valence-electron chi connectivity index (χ2n) is 8.51. The number of rotatable bonds is 8. The predicted octanol–water partition coefficient (Wildman–Crippen LogP) is 4.38. The van der Waals surface area contributed by atoms with Crippen molar-refractivity contribution in [2.45, 2.75) is 26.2 Å². The van der Waals surface area contributed by atoms with E-state index >= 15 is 0 Å². The minimum Gasteiger partial charge on any atom is -0.497 e.